The molecule has 1 aromatic carbocycles. The third kappa shape index (κ3) is 5.01. The molecule has 1 fully saturated rings. The zero-order valence-electron chi connectivity index (χ0n) is 12.6. The van der Waals surface area contributed by atoms with E-state index in [1.807, 2.05) is 13.8 Å². The number of hydrogen-bond donors (Lipinski definition) is 2. The van der Waals surface area contributed by atoms with Gasteiger partial charge in [0.1, 0.15) is 11.6 Å². The van der Waals surface area contributed by atoms with E-state index in [0.29, 0.717) is 11.7 Å². The summed E-state index contributed by atoms with van der Waals surface area (Å²) in [7, 11) is 0. The lowest BCUT2D eigenvalue weighted by Gasteiger charge is -2.17. The average molecular weight is 294 g/mol. The molecular weight excluding hydrogens is 271 g/mol. The highest BCUT2D eigenvalue weighted by Crippen LogP contribution is 2.28. The smallest absolute Gasteiger partial charge is 0.257 e. The minimum Gasteiger partial charge on any atom is -0.483 e. The molecule has 1 aromatic rings. The summed E-state index contributed by atoms with van der Waals surface area (Å²) in [5.74, 6) is 0.754. The maximum absolute atomic E-state index is 13.4. The highest BCUT2D eigenvalue weighted by Gasteiger charge is 2.21. The Morgan fingerprint density at radius 1 is 1.48 bits per heavy atom. The first-order valence-electron chi connectivity index (χ1n) is 7.52. The van der Waals surface area contributed by atoms with Gasteiger partial charge < -0.3 is 15.4 Å². The summed E-state index contributed by atoms with van der Waals surface area (Å²) in [5, 5.41) is 6.06. The number of amides is 1. The molecule has 0 radical (unpaired) electrons. The van der Waals surface area contributed by atoms with Crippen LogP contribution in [0.4, 0.5) is 4.39 Å². The van der Waals surface area contributed by atoms with Crippen molar-refractivity contribution in [2.24, 2.45) is 5.92 Å². The van der Waals surface area contributed by atoms with Crippen molar-refractivity contribution in [2.75, 3.05) is 19.7 Å². The number of hydrogen-bond acceptors (Lipinski definition) is 3. The lowest BCUT2D eigenvalue weighted by atomic mass is 10.1. The van der Waals surface area contributed by atoms with Gasteiger partial charge in [-0.2, -0.15) is 0 Å². The van der Waals surface area contributed by atoms with Gasteiger partial charge in [-0.3, -0.25) is 4.79 Å². The van der Waals surface area contributed by atoms with Crippen LogP contribution in [0.1, 0.15) is 38.3 Å². The average Bonchev–Trinajstić information content (AvgIpc) is 3.28. The minimum atomic E-state index is -0.305. The van der Waals surface area contributed by atoms with Crippen molar-refractivity contribution in [1.29, 1.82) is 0 Å². The van der Waals surface area contributed by atoms with Gasteiger partial charge >= 0.3 is 0 Å². The Bertz CT molecular complexity index is 489. The van der Waals surface area contributed by atoms with E-state index >= 15 is 0 Å². The Morgan fingerprint density at radius 2 is 2.24 bits per heavy atom. The molecule has 1 saturated carbocycles. The molecule has 0 saturated heterocycles. The number of nitrogens with one attached hydrogen (secondary N) is 2. The number of rotatable bonds is 8. The normalized spacial score (nSPS) is 15.6. The Morgan fingerprint density at radius 3 is 2.90 bits per heavy atom. The van der Waals surface area contributed by atoms with E-state index in [2.05, 4.69) is 10.6 Å². The first kappa shape index (κ1) is 15.8. The second kappa shape index (κ2) is 7.41. The number of benzene rings is 1. The summed E-state index contributed by atoms with van der Waals surface area (Å²) in [6.07, 6.45) is 2.40. The van der Waals surface area contributed by atoms with Crippen LogP contribution in [0.25, 0.3) is 0 Å². The lowest BCUT2D eigenvalue weighted by molar-refractivity contribution is -0.123. The van der Waals surface area contributed by atoms with E-state index in [1.165, 1.54) is 25.0 Å². The molecule has 1 aliphatic carbocycles. The van der Waals surface area contributed by atoms with E-state index < -0.39 is 0 Å². The number of carbonyl (C=O) groups is 1. The van der Waals surface area contributed by atoms with Crippen LogP contribution < -0.4 is 15.4 Å². The van der Waals surface area contributed by atoms with Crippen LogP contribution in [0.2, 0.25) is 0 Å². The van der Waals surface area contributed by atoms with Gasteiger partial charge in [0.15, 0.2) is 6.61 Å². The molecule has 1 aliphatic rings. The van der Waals surface area contributed by atoms with Crippen LogP contribution in [0.5, 0.6) is 5.75 Å². The fourth-order valence-corrected chi connectivity index (χ4v) is 2.18. The molecule has 1 unspecified atom stereocenters. The Kier molecular flexibility index (Phi) is 5.56. The van der Waals surface area contributed by atoms with E-state index in [4.69, 9.17) is 4.74 Å². The Hall–Kier alpha value is -1.62. The van der Waals surface area contributed by atoms with Crippen molar-refractivity contribution in [3.8, 4) is 5.75 Å². The summed E-state index contributed by atoms with van der Waals surface area (Å²) >= 11 is 0. The van der Waals surface area contributed by atoms with Gasteiger partial charge in [-0.1, -0.05) is 6.92 Å². The van der Waals surface area contributed by atoms with Crippen molar-refractivity contribution >= 4 is 5.91 Å². The third-order valence-electron chi connectivity index (χ3n) is 3.59. The maximum atomic E-state index is 13.4. The Balaban J connectivity index is 1.92. The topological polar surface area (TPSA) is 50.4 Å². The van der Waals surface area contributed by atoms with Crippen molar-refractivity contribution in [3.05, 3.63) is 29.6 Å². The van der Waals surface area contributed by atoms with Crippen LogP contribution >= 0.6 is 0 Å². The molecule has 1 amide bonds. The molecular formula is C16H23FN2O2. The molecule has 2 rings (SSSR count). The van der Waals surface area contributed by atoms with Crippen LogP contribution in [0.15, 0.2) is 18.2 Å². The van der Waals surface area contributed by atoms with Crippen LogP contribution in [0.3, 0.4) is 0 Å². The number of ether oxygens (including phenoxy) is 1. The van der Waals surface area contributed by atoms with Gasteiger partial charge in [-0.25, -0.2) is 4.39 Å². The lowest BCUT2D eigenvalue weighted by Crippen LogP contribution is -2.30. The molecule has 1 atom stereocenters. The van der Waals surface area contributed by atoms with Crippen LogP contribution in [0, 0.1) is 11.7 Å². The molecule has 5 heteroatoms. The second-order valence-corrected chi connectivity index (χ2v) is 5.50. The number of carbonyl (C=O) groups excluding carboxylic acids is 1. The predicted molar refractivity (Wildman–Crippen MR) is 79.7 cm³/mol. The van der Waals surface area contributed by atoms with Crippen LogP contribution in [-0.2, 0) is 4.79 Å². The summed E-state index contributed by atoms with van der Waals surface area (Å²) < 4.78 is 19.0. The van der Waals surface area contributed by atoms with Crippen molar-refractivity contribution in [3.63, 3.8) is 0 Å². The summed E-state index contributed by atoms with van der Waals surface area (Å²) in [6.45, 7) is 5.40. The molecule has 0 spiro atoms. The molecule has 21 heavy (non-hydrogen) atoms. The van der Waals surface area contributed by atoms with Gasteiger partial charge in [0, 0.05) is 18.2 Å². The molecule has 4 nitrogen and oxygen atoms in total. The van der Waals surface area contributed by atoms with Gasteiger partial charge in [0.05, 0.1) is 0 Å². The van der Waals surface area contributed by atoms with Gasteiger partial charge in [0.2, 0.25) is 0 Å². The zero-order valence-corrected chi connectivity index (χ0v) is 12.6. The van der Waals surface area contributed by atoms with Crippen molar-refractivity contribution < 1.29 is 13.9 Å². The van der Waals surface area contributed by atoms with Crippen LogP contribution in [-0.4, -0.2) is 25.6 Å². The van der Waals surface area contributed by atoms with E-state index in [-0.39, 0.29) is 24.4 Å². The van der Waals surface area contributed by atoms with Crippen molar-refractivity contribution in [1.82, 2.24) is 10.6 Å². The predicted octanol–water partition coefficient (Wildman–Crippen LogP) is 2.40. The molecule has 0 bridgehead atoms. The zero-order chi connectivity index (χ0) is 15.2. The number of halogens is 1. The first-order valence-corrected chi connectivity index (χ1v) is 7.52. The van der Waals surface area contributed by atoms with E-state index in [9.17, 15) is 9.18 Å². The molecule has 116 valence electrons. The quantitative estimate of drug-likeness (QED) is 0.774. The maximum Gasteiger partial charge on any atom is 0.257 e. The molecule has 0 heterocycles. The first-order chi connectivity index (χ1) is 10.1. The SMILES string of the molecule is CCNC(C)c1cc(F)ccc1OCC(=O)NCC1CC1. The summed E-state index contributed by atoms with van der Waals surface area (Å²) in [6, 6.07) is 4.34. The molecule has 0 aliphatic heterocycles. The fourth-order valence-electron chi connectivity index (χ4n) is 2.18. The third-order valence-corrected chi connectivity index (χ3v) is 3.59. The monoisotopic (exact) mass is 294 g/mol. The van der Waals surface area contributed by atoms with E-state index in [1.54, 1.807) is 6.07 Å². The minimum absolute atomic E-state index is 0.0322. The Labute approximate surface area is 125 Å². The molecule has 0 aromatic heterocycles. The highest BCUT2D eigenvalue weighted by molar-refractivity contribution is 5.77. The van der Waals surface area contributed by atoms with Gasteiger partial charge in [-0.05, 0) is 50.4 Å². The second-order valence-electron chi connectivity index (χ2n) is 5.50. The standard InChI is InChI=1S/C16H23FN2O2/c1-3-18-11(2)14-8-13(17)6-7-15(14)21-10-16(20)19-9-12-4-5-12/h6-8,11-12,18H,3-5,9-10H2,1-2H3,(H,19,20). The molecule has 2 N–H and O–H groups in total. The largest absolute Gasteiger partial charge is 0.483 e. The highest BCUT2D eigenvalue weighted by atomic mass is 19.1. The van der Waals surface area contributed by atoms with E-state index in [0.717, 1.165) is 18.7 Å². The van der Waals surface area contributed by atoms with Crippen molar-refractivity contribution in [2.45, 2.75) is 32.7 Å². The summed E-state index contributed by atoms with van der Waals surface area (Å²) in [5.41, 5.74) is 0.729. The summed E-state index contributed by atoms with van der Waals surface area (Å²) in [4.78, 5) is 11.7. The van der Waals surface area contributed by atoms with Gasteiger partial charge in [-0.15, -0.1) is 0 Å². The fraction of sp³-hybridized carbons (Fsp3) is 0.562. The van der Waals surface area contributed by atoms with Gasteiger partial charge in [0.25, 0.3) is 5.91 Å².